The largest absolute Gasteiger partial charge is 0.394 e. The Kier molecular flexibility index (Phi) is 34.8. The molecule has 0 aromatic rings. The van der Waals surface area contributed by atoms with Crippen molar-refractivity contribution >= 4 is 5.91 Å². The van der Waals surface area contributed by atoms with Crippen LogP contribution in [0.1, 0.15) is 200 Å². The van der Waals surface area contributed by atoms with Crippen molar-refractivity contribution in [2.75, 3.05) is 6.61 Å². The van der Waals surface area contributed by atoms with E-state index < -0.39 is 18.2 Å². The van der Waals surface area contributed by atoms with Crippen molar-refractivity contribution in [2.24, 2.45) is 0 Å². The molecule has 0 heterocycles. The molecule has 0 saturated heterocycles. The lowest BCUT2D eigenvalue weighted by Crippen LogP contribution is -2.45. The summed E-state index contributed by atoms with van der Waals surface area (Å²) in [6.45, 7) is 4.14. The maximum Gasteiger partial charge on any atom is 0.223 e. The van der Waals surface area contributed by atoms with Gasteiger partial charge in [-0.3, -0.25) is 4.79 Å². The van der Waals surface area contributed by atoms with Crippen LogP contribution in [0, 0.1) is 0 Å². The smallest absolute Gasteiger partial charge is 0.223 e. The van der Waals surface area contributed by atoms with Gasteiger partial charge in [0, 0.05) is 0 Å². The number of amides is 1. The van der Waals surface area contributed by atoms with Gasteiger partial charge in [0.15, 0.2) is 0 Å². The van der Waals surface area contributed by atoms with E-state index >= 15 is 0 Å². The lowest BCUT2D eigenvalue weighted by atomic mass is 10.0. The van der Waals surface area contributed by atoms with Crippen LogP contribution in [0.4, 0.5) is 0 Å². The van der Waals surface area contributed by atoms with Crippen LogP contribution in [-0.2, 0) is 4.79 Å². The number of hydrogen-bond donors (Lipinski definition) is 4. The van der Waals surface area contributed by atoms with Gasteiger partial charge in [-0.15, -0.1) is 0 Å². The molecule has 1 amide bonds. The topological polar surface area (TPSA) is 89.8 Å². The van der Waals surface area contributed by atoms with Crippen LogP contribution in [-0.4, -0.2) is 46.1 Å². The average Bonchev–Trinajstić information content (AvgIpc) is 3.03. The maximum atomic E-state index is 12.3. The van der Waals surface area contributed by atoms with Crippen LogP contribution >= 0.6 is 0 Å². The molecular formula is C40H77NO4. The van der Waals surface area contributed by atoms with Crippen LogP contribution in [0.25, 0.3) is 0 Å². The minimum absolute atomic E-state index is 0.0352. The molecule has 5 nitrogen and oxygen atoms in total. The number of rotatable bonds is 35. The van der Waals surface area contributed by atoms with Crippen molar-refractivity contribution in [3.05, 3.63) is 24.3 Å². The minimum atomic E-state index is -0.936. The molecule has 3 atom stereocenters. The summed E-state index contributed by atoms with van der Waals surface area (Å²) in [5.41, 5.74) is 0. The Morgan fingerprint density at radius 2 is 0.933 bits per heavy atom. The Labute approximate surface area is 280 Å². The Hall–Kier alpha value is -1.17. The van der Waals surface area contributed by atoms with E-state index in [-0.39, 0.29) is 18.9 Å². The number of carbonyl (C=O) groups excluding carboxylic acids is 1. The summed E-state index contributed by atoms with van der Waals surface area (Å²) in [6.07, 6.45) is 42.0. The average molecular weight is 636 g/mol. The molecule has 0 aliphatic heterocycles. The molecule has 3 unspecified atom stereocenters. The molecule has 0 aromatic heterocycles. The lowest BCUT2D eigenvalue weighted by molar-refractivity contribution is -0.124. The minimum Gasteiger partial charge on any atom is -0.394 e. The molecule has 4 N–H and O–H groups in total. The first-order valence-electron chi connectivity index (χ1n) is 19.6. The normalized spacial score (nSPS) is 14.0. The molecule has 266 valence electrons. The van der Waals surface area contributed by atoms with Crippen molar-refractivity contribution < 1.29 is 20.1 Å². The van der Waals surface area contributed by atoms with E-state index in [0.717, 1.165) is 25.7 Å². The lowest BCUT2D eigenvalue weighted by Gasteiger charge is -2.20. The SMILES string of the molecule is CCCCCC/C=C\CC(O)CC(=O)NC(CO)C(O)/C=C/CCCCCCCCCCCCCCCCCCCCCCC. The van der Waals surface area contributed by atoms with Gasteiger partial charge < -0.3 is 20.6 Å². The summed E-state index contributed by atoms with van der Waals surface area (Å²) in [5, 5.41) is 32.8. The monoisotopic (exact) mass is 636 g/mol. The second-order valence-electron chi connectivity index (χ2n) is 13.5. The van der Waals surface area contributed by atoms with Gasteiger partial charge >= 0.3 is 0 Å². The molecule has 5 heteroatoms. The molecule has 0 saturated carbocycles. The summed E-state index contributed by atoms with van der Waals surface area (Å²) in [6, 6.07) is -0.755. The van der Waals surface area contributed by atoms with Gasteiger partial charge in [-0.2, -0.15) is 0 Å². The van der Waals surface area contributed by atoms with Crippen molar-refractivity contribution in [3.8, 4) is 0 Å². The van der Waals surface area contributed by atoms with Gasteiger partial charge in [-0.05, 0) is 32.1 Å². The Bertz CT molecular complexity index is 665. The highest BCUT2D eigenvalue weighted by molar-refractivity contribution is 5.76. The van der Waals surface area contributed by atoms with E-state index in [9.17, 15) is 20.1 Å². The van der Waals surface area contributed by atoms with Crippen molar-refractivity contribution in [3.63, 3.8) is 0 Å². The zero-order valence-corrected chi connectivity index (χ0v) is 30.0. The third kappa shape index (κ3) is 32.6. The fraction of sp³-hybridized carbons (Fsp3) is 0.875. The summed E-state index contributed by atoms with van der Waals surface area (Å²) >= 11 is 0. The first-order chi connectivity index (χ1) is 22.0. The summed E-state index contributed by atoms with van der Waals surface area (Å²) in [5.74, 6) is -0.352. The first kappa shape index (κ1) is 43.8. The Balaban J connectivity index is 3.61. The fourth-order valence-electron chi connectivity index (χ4n) is 5.93. The number of carbonyl (C=O) groups is 1. The second-order valence-corrected chi connectivity index (χ2v) is 13.5. The molecule has 0 aromatic carbocycles. The fourth-order valence-corrected chi connectivity index (χ4v) is 5.93. The molecule has 0 rings (SSSR count). The van der Waals surface area contributed by atoms with E-state index in [2.05, 4.69) is 25.2 Å². The number of nitrogens with one attached hydrogen (secondary N) is 1. The second kappa shape index (κ2) is 35.7. The highest BCUT2D eigenvalue weighted by Crippen LogP contribution is 2.15. The Morgan fingerprint density at radius 1 is 0.556 bits per heavy atom. The number of allylic oxidation sites excluding steroid dienone is 2. The van der Waals surface area contributed by atoms with Crippen molar-refractivity contribution in [2.45, 2.75) is 218 Å². The predicted molar refractivity (Wildman–Crippen MR) is 195 cm³/mol. The van der Waals surface area contributed by atoms with E-state index in [1.165, 1.54) is 148 Å². The molecule has 0 spiro atoms. The third-order valence-corrected chi connectivity index (χ3v) is 8.98. The van der Waals surface area contributed by atoms with E-state index in [1.807, 2.05) is 12.2 Å². The van der Waals surface area contributed by atoms with Gasteiger partial charge in [0.2, 0.25) is 5.91 Å². The highest BCUT2D eigenvalue weighted by Gasteiger charge is 2.19. The summed E-state index contributed by atoms with van der Waals surface area (Å²) < 4.78 is 0. The van der Waals surface area contributed by atoms with Crippen molar-refractivity contribution in [1.29, 1.82) is 0 Å². The predicted octanol–water partition coefficient (Wildman–Crippen LogP) is 10.7. The zero-order valence-electron chi connectivity index (χ0n) is 30.0. The molecule has 0 aliphatic rings. The van der Waals surface area contributed by atoms with Crippen LogP contribution in [0.2, 0.25) is 0 Å². The number of hydrogen-bond acceptors (Lipinski definition) is 4. The molecule has 0 bridgehead atoms. The zero-order chi connectivity index (χ0) is 33.1. The van der Waals surface area contributed by atoms with Crippen LogP contribution in [0.15, 0.2) is 24.3 Å². The third-order valence-electron chi connectivity index (χ3n) is 8.98. The highest BCUT2D eigenvalue weighted by atomic mass is 16.3. The number of unbranched alkanes of at least 4 members (excludes halogenated alkanes) is 25. The maximum absolute atomic E-state index is 12.3. The number of aliphatic hydroxyl groups excluding tert-OH is 3. The van der Waals surface area contributed by atoms with Gasteiger partial charge in [-0.1, -0.05) is 186 Å². The quantitative estimate of drug-likeness (QED) is 0.0412. The molecule has 0 fully saturated rings. The van der Waals surface area contributed by atoms with Gasteiger partial charge in [0.25, 0.3) is 0 Å². The number of aliphatic hydroxyl groups is 3. The van der Waals surface area contributed by atoms with Crippen LogP contribution in [0.5, 0.6) is 0 Å². The summed E-state index contributed by atoms with van der Waals surface area (Å²) in [4.78, 5) is 12.3. The Morgan fingerprint density at radius 3 is 1.36 bits per heavy atom. The molecular weight excluding hydrogens is 558 g/mol. The van der Waals surface area contributed by atoms with Gasteiger partial charge in [0.05, 0.1) is 31.3 Å². The van der Waals surface area contributed by atoms with Gasteiger partial charge in [0.1, 0.15) is 0 Å². The van der Waals surface area contributed by atoms with Gasteiger partial charge in [-0.25, -0.2) is 0 Å². The van der Waals surface area contributed by atoms with Crippen LogP contribution in [0.3, 0.4) is 0 Å². The standard InChI is InChI=1S/C40H77NO4/c1-3-5-7-9-11-12-13-14-15-16-17-18-19-20-21-22-23-24-25-26-28-30-32-34-39(44)38(36-42)41-40(45)35-37(43)33-31-29-27-10-8-6-4-2/h29,31-32,34,37-39,42-44H,3-28,30,33,35-36H2,1-2H3,(H,41,45)/b31-29-,34-32+. The summed E-state index contributed by atoms with van der Waals surface area (Å²) in [7, 11) is 0. The molecule has 0 aliphatic carbocycles. The first-order valence-corrected chi connectivity index (χ1v) is 19.6. The van der Waals surface area contributed by atoms with Crippen LogP contribution < -0.4 is 5.32 Å². The molecule has 45 heavy (non-hydrogen) atoms. The van der Waals surface area contributed by atoms with Crippen molar-refractivity contribution in [1.82, 2.24) is 5.32 Å². The van der Waals surface area contributed by atoms with E-state index in [0.29, 0.717) is 6.42 Å². The molecule has 0 radical (unpaired) electrons. The van der Waals surface area contributed by atoms with E-state index in [1.54, 1.807) is 6.08 Å². The van der Waals surface area contributed by atoms with E-state index in [4.69, 9.17) is 0 Å².